The first-order valence-electron chi connectivity index (χ1n) is 11.6. The third kappa shape index (κ3) is 4.79. The van der Waals surface area contributed by atoms with Gasteiger partial charge in [0.2, 0.25) is 0 Å². The quantitative estimate of drug-likeness (QED) is 0.508. The Morgan fingerprint density at radius 3 is 2.82 bits per heavy atom. The summed E-state index contributed by atoms with van der Waals surface area (Å²) < 4.78 is 34.3. The Labute approximate surface area is 197 Å². The number of aromatic nitrogens is 3. The lowest BCUT2D eigenvalue weighted by Gasteiger charge is -2.34. The standard InChI is InChI=1S/C24H29F2N7O/c1-27-21-15-33(10-11-34-21)18-4-2-16(3-5-18)19-12-20-22(30-9-8-29-20)23(32-19)31-14-17-13-28-7-6-24(17,25)26/h2-5,8-9,12,17,21,27-28H,6-7,10-11,13-15H2,1H3,(H,31,32). The van der Waals surface area contributed by atoms with Crippen LogP contribution in [0.3, 0.4) is 0 Å². The molecule has 10 heteroatoms. The molecule has 2 atom stereocenters. The minimum Gasteiger partial charge on any atom is -0.368 e. The number of piperidine rings is 1. The Morgan fingerprint density at radius 2 is 2.03 bits per heavy atom. The lowest BCUT2D eigenvalue weighted by Crippen LogP contribution is -2.48. The summed E-state index contributed by atoms with van der Waals surface area (Å²) in [4.78, 5) is 15.8. The molecular weight excluding hydrogens is 440 g/mol. The lowest BCUT2D eigenvalue weighted by molar-refractivity contribution is -0.0728. The van der Waals surface area contributed by atoms with E-state index in [4.69, 9.17) is 9.72 Å². The molecule has 5 rings (SSSR count). The number of morpholine rings is 1. The van der Waals surface area contributed by atoms with E-state index in [-0.39, 0.29) is 25.7 Å². The molecule has 34 heavy (non-hydrogen) atoms. The largest absolute Gasteiger partial charge is 0.368 e. The number of nitrogens with zero attached hydrogens (tertiary/aromatic N) is 4. The van der Waals surface area contributed by atoms with Crippen LogP contribution < -0.4 is 20.9 Å². The van der Waals surface area contributed by atoms with Gasteiger partial charge in [-0.25, -0.2) is 18.7 Å². The van der Waals surface area contributed by atoms with E-state index in [9.17, 15) is 8.78 Å². The number of alkyl halides is 2. The fraction of sp³-hybridized carbons (Fsp3) is 0.458. The average molecular weight is 470 g/mol. The fourth-order valence-corrected chi connectivity index (χ4v) is 4.47. The minimum atomic E-state index is -2.71. The molecule has 180 valence electrons. The van der Waals surface area contributed by atoms with Gasteiger partial charge in [0, 0.05) is 56.2 Å². The normalized spacial score (nSPS) is 22.6. The maximum Gasteiger partial charge on any atom is 0.255 e. The van der Waals surface area contributed by atoms with Gasteiger partial charge in [-0.3, -0.25) is 10.3 Å². The summed E-state index contributed by atoms with van der Waals surface area (Å²) in [6.07, 6.45) is 3.06. The molecule has 2 fully saturated rings. The highest BCUT2D eigenvalue weighted by molar-refractivity contribution is 5.88. The molecule has 2 aliphatic heterocycles. The molecule has 1 aromatic carbocycles. The maximum absolute atomic E-state index is 14.3. The van der Waals surface area contributed by atoms with E-state index in [0.29, 0.717) is 35.7 Å². The Bertz CT molecular complexity index is 1130. The molecule has 0 aliphatic carbocycles. The van der Waals surface area contributed by atoms with Crippen molar-refractivity contribution in [1.82, 2.24) is 25.6 Å². The van der Waals surface area contributed by atoms with Gasteiger partial charge in [-0.2, -0.15) is 0 Å². The van der Waals surface area contributed by atoms with Crippen LogP contribution >= 0.6 is 0 Å². The highest BCUT2D eigenvalue weighted by Crippen LogP contribution is 2.32. The van der Waals surface area contributed by atoms with Crippen LogP contribution in [0.5, 0.6) is 0 Å². The molecule has 0 radical (unpaired) electrons. The number of rotatable bonds is 6. The molecule has 2 unspecified atom stereocenters. The predicted octanol–water partition coefficient (Wildman–Crippen LogP) is 2.73. The van der Waals surface area contributed by atoms with E-state index in [1.54, 1.807) is 12.4 Å². The van der Waals surface area contributed by atoms with Crippen LogP contribution in [0.4, 0.5) is 20.3 Å². The Balaban J connectivity index is 1.39. The minimum absolute atomic E-state index is 0.00882. The molecule has 2 aliphatic rings. The van der Waals surface area contributed by atoms with Crippen molar-refractivity contribution in [3.8, 4) is 11.3 Å². The summed E-state index contributed by atoms with van der Waals surface area (Å²) in [6.45, 7) is 2.97. The summed E-state index contributed by atoms with van der Waals surface area (Å²) in [6, 6.07) is 10.1. The van der Waals surface area contributed by atoms with Crippen molar-refractivity contribution in [3.05, 3.63) is 42.7 Å². The molecular formula is C24H29F2N7O. The number of ether oxygens (including phenoxy) is 1. The summed E-state index contributed by atoms with van der Waals surface area (Å²) in [5.74, 6) is -3.05. The third-order valence-electron chi connectivity index (χ3n) is 6.51. The third-order valence-corrected chi connectivity index (χ3v) is 6.51. The fourth-order valence-electron chi connectivity index (χ4n) is 4.47. The molecule has 3 aromatic rings. The highest BCUT2D eigenvalue weighted by atomic mass is 19.3. The van der Waals surface area contributed by atoms with Gasteiger partial charge in [0.1, 0.15) is 11.7 Å². The number of fused-ring (bicyclic) bond motifs is 1. The van der Waals surface area contributed by atoms with Gasteiger partial charge in [-0.1, -0.05) is 12.1 Å². The zero-order chi connectivity index (χ0) is 23.5. The number of pyridine rings is 1. The topological polar surface area (TPSA) is 87.2 Å². The number of hydrogen-bond donors (Lipinski definition) is 3. The Morgan fingerprint density at radius 1 is 1.21 bits per heavy atom. The molecule has 0 amide bonds. The van der Waals surface area contributed by atoms with Crippen LogP contribution in [0.25, 0.3) is 22.3 Å². The first-order valence-corrected chi connectivity index (χ1v) is 11.6. The van der Waals surface area contributed by atoms with Crippen molar-refractivity contribution in [2.75, 3.05) is 56.6 Å². The number of hydrogen-bond acceptors (Lipinski definition) is 8. The van der Waals surface area contributed by atoms with Gasteiger partial charge >= 0.3 is 0 Å². The Hall–Kier alpha value is -2.95. The van der Waals surface area contributed by atoms with Crippen molar-refractivity contribution in [3.63, 3.8) is 0 Å². The second-order valence-corrected chi connectivity index (χ2v) is 8.71. The molecule has 2 aromatic heterocycles. The smallest absolute Gasteiger partial charge is 0.255 e. The van der Waals surface area contributed by atoms with Crippen LogP contribution in [0.15, 0.2) is 42.7 Å². The van der Waals surface area contributed by atoms with E-state index in [0.717, 1.165) is 24.3 Å². The zero-order valence-corrected chi connectivity index (χ0v) is 19.1. The molecule has 3 N–H and O–H groups in total. The summed E-state index contributed by atoms with van der Waals surface area (Å²) in [7, 11) is 1.89. The molecule has 0 bridgehead atoms. The van der Waals surface area contributed by atoms with Crippen LogP contribution in [-0.2, 0) is 4.74 Å². The van der Waals surface area contributed by atoms with E-state index < -0.39 is 11.8 Å². The monoisotopic (exact) mass is 469 g/mol. The van der Waals surface area contributed by atoms with Crippen molar-refractivity contribution in [2.45, 2.75) is 18.6 Å². The lowest BCUT2D eigenvalue weighted by atomic mass is 9.95. The zero-order valence-electron chi connectivity index (χ0n) is 19.1. The summed E-state index contributed by atoms with van der Waals surface area (Å²) in [5, 5.41) is 9.35. The number of likely N-dealkylation sites (N-methyl/N-ethyl adjacent to an activating group) is 1. The molecule has 2 saturated heterocycles. The van der Waals surface area contributed by atoms with Gasteiger partial charge in [-0.15, -0.1) is 0 Å². The van der Waals surface area contributed by atoms with Crippen LogP contribution in [0.2, 0.25) is 0 Å². The first kappa shape index (κ1) is 22.8. The molecule has 8 nitrogen and oxygen atoms in total. The first-order chi connectivity index (χ1) is 16.5. The van der Waals surface area contributed by atoms with Crippen molar-refractivity contribution in [2.24, 2.45) is 5.92 Å². The van der Waals surface area contributed by atoms with E-state index >= 15 is 0 Å². The van der Waals surface area contributed by atoms with Gasteiger partial charge < -0.3 is 20.3 Å². The van der Waals surface area contributed by atoms with Gasteiger partial charge in [-0.05, 0) is 25.2 Å². The number of halogens is 2. The van der Waals surface area contributed by atoms with Crippen LogP contribution in [0.1, 0.15) is 6.42 Å². The van der Waals surface area contributed by atoms with Crippen molar-refractivity contribution in [1.29, 1.82) is 0 Å². The van der Waals surface area contributed by atoms with Crippen LogP contribution in [-0.4, -0.2) is 73.5 Å². The predicted molar refractivity (Wildman–Crippen MR) is 128 cm³/mol. The maximum atomic E-state index is 14.3. The summed E-state index contributed by atoms with van der Waals surface area (Å²) in [5.41, 5.74) is 3.98. The van der Waals surface area contributed by atoms with Crippen LogP contribution in [0, 0.1) is 5.92 Å². The van der Waals surface area contributed by atoms with Crippen molar-refractivity contribution >= 4 is 22.5 Å². The number of nitrogens with one attached hydrogen (secondary N) is 3. The van der Waals surface area contributed by atoms with Gasteiger partial charge in [0.15, 0.2) is 5.82 Å². The Kier molecular flexibility index (Phi) is 6.53. The SMILES string of the molecule is CNC1CN(c2ccc(-c3cc4nccnc4c(NCC4CNCCC4(F)F)n3)cc2)CCO1. The molecule has 0 saturated carbocycles. The van der Waals surface area contributed by atoms with Crippen molar-refractivity contribution < 1.29 is 13.5 Å². The molecule has 0 spiro atoms. The van der Waals surface area contributed by atoms with E-state index in [2.05, 4.69) is 43.0 Å². The second-order valence-electron chi connectivity index (χ2n) is 8.71. The average Bonchev–Trinajstić information content (AvgIpc) is 2.87. The number of benzene rings is 1. The van der Waals surface area contributed by atoms with Gasteiger partial charge in [0.05, 0.1) is 30.3 Å². The van der Waals surface area contributed by atoms with Gasteiger partial charge in [0.25, 0.3) is 5.92 Å². The van der Waals surface area contributed by atoms with E-state index in [1.807, 2.05) is 25.2 Å². The summed E-state index contributed by atoms with van der Waals surface area (Å²) >= 11 is 0. The second kappa shape index (κ2) is 9.73. The molecule has 4 heterocycles. The highest BCUT2D eigenvalue weighted by Gasteiger charge is 2.41. The van der Waals surface area contributed by atoms with E-state index in [1.165, 1.54) is 0 Å². The number of anilines is 2.